The van der Waals surface area contributed by atoms with Crippen LogP contribution in [0.2, 0.25) is 0 Å². The molecule has 1 saturated carbocycles. The number of rotatable bonds is 21. The Morgan fingerprint density at radius 2 is 1.21 bits per heavy atom. The minimum atomic E-state index is -0.0476. The third-order valence-electron chi connectivity index (χ3n) is 12.5. The zero-order valence-corrected chi connectivity index (χ0v) is 33.9. The van der Waals surface area contributed by atoms with Gasteiger partial charge in [0, 0.05) is 11.3 Å². The van der Waals surface area contributed by atoms with E-state index in [1.54, 1.807) is 44.9 Å². The first-order chi connectivity index (χ1) is 25.5. The van der Waals surface area contributed by atoms with Crippen LogP contribution >= 0.6 is 0 Å². The molecule has 0 saturated heterocycles. The molecule has 52 heavy (non-hydrogen) atoms. The molecule has 0 amide bonds. The lowest BCUT2D eigenvalue weighted by molar-refractivity contribution is 0.370. The van der Waals surface area contributed by atoms with Crippen molar-refractivity contribution < 1.29 is 0 Å². The summed E-state index contributed by atoms with van der Waals surface area (Å²) < 4.78 is 0. The fourth-order valence-corrected chi connectivity index (χ4v) is 9.56. The van der Waals surface area contributed by atoms with Crippen molar-refractivity contribution in [2.45, 2.75) is 168 Å². The monoisotopic (exact) mass is 696 g/mol. The third-order valence-corrected chi connectivity index (χ3v) is 12.5. The van der Waals surface area contributed by atoms with Crippen LogP contribution in [-0.2, 0) is 37.5 Å². The van der Waals surface area contributed by atoms with E-state index < -0.39 is 0 Å². The van der Waals surface area contributed by atoms with Gasteiger partial charge in [0.25, 0.3) is 0 Å². The van der Waals surface area contributed by atoms with Gasteiger partial charge in [-0.25, -0.2) is 0 Å². The molecule has 1 aliphatic rings. The molecule has 1 unspecified atom stereocenters. The number of hydrogen-bond acceptors (Lipinski definition) is 0. The van der Waals surface area contributed by atoms with E-state index in [1.807, 2.05) is 0 Å². The minimum absolute atomic E-state index is 0.0476. The molecular formula is C52H71. The van der Waals surface area contributed by atoms with Gasteiger partial charge >= 0.3 is 0 Å². The fourth-order valence-electron chi connectivity index (χ4n) is 9.56. The highest BCUT2D eigenvalue weighted by Gasteiger charge is 2.36. The molecule has 1 aliphatic carbocycles. The Hall–Kier alpha value is -3.12. The smallest absolute Gasteiger partial charge is 0.0180 e. The Morgan fingerprint density at radius 1 is 0.558 bits per heavy atom. The van der Waals surface area contributed by atoms with Crippen LogP contribution in [0, 0.1) is 11.8 Å². The van der Waals surface area contributed by atoms with Crippen molar-refractivity contribution >= 4 is 0 Å². The van der Waals surface area contributed by atoms with Gasteiger partial charge in [-0.05, 0) is 120 Å². The standard InChI is InChI=1S/C52H71/c1-6-10-13-21-32-44-33-25-35-50(49(44)40-42-28-19-15-20-29-42)52(5,38-24-11-7-2)51-37-36-47(46(34-12-8-3)45(51)9-4)48(43-30-22-16-23-31-43)39-41-26-17-14-18-27-41/h14-15,17-20,25-29,33,35-37,43H,6-13,16,21-24,30-32,34,38-40H2,1-5H3. The van der Waals surface area contributed by atoms with E-state index in [9.17, 15) is 0 Å². The van der Waals surface area contributed by atoms with E-state index in [0.29, 0.717) is 5.92 Å². The lowest BCUT2D eigenvalue weighted by Crippen LogP contribution is -2.29. The average Bonchev–Trinajstić information content (AvgIpc) is 3.19. The topological polar surface area (TPSA) is 0 Å². The van der Waals surface area contributed by atoms with Gasteiger partial charge in [-0.1, -0.05) is 190 Å². The Labute approximate surface area is 320 Å². The predicted molar refractivity (Wildman–Crippen MR) is 228 cm³/mol. The number of hydrogen-bond donors (Lipinski definition) is 0. The van der Waals surface area contributed by atoms with Crippen molar-refractivity contribution in [3.05, 3.63) is 147 Å². The molecule has 0 aliphatic heterocycles. The molecule has 1 fully saturated rings. The summed E-state index contributed by atoms with van der Waals surface area (Å²) in [6.45, 7) is 12.2. The number of unbranched alkanes of at least 4 members (excludes halogenated alkanes) is 6. The maximum absolute atomic E-state index is 2.64. The summed E-state index contributed by atoms with van der Waals surface area (Å²) >= 11 is 0. The molecule has 1 atom stereocenters. The first-order valence-corrected chi connectivity index (χ1v) is 21.7. The molecule has 1 radical (unpaired) electrons. The Balaban J connectivity index is 1.69. The lowest BCUT2D eigenvalue weighted by atomic mass is 9.65. The average molecular weight is 696 g/mol. The van der Waals surface area contributed by atoms with Crippen molar-refractivity contribution in [3.8, 4) is 0 Å². The summed E-state index contributed by atoms with van der Waals surface area (Å²) in [4.78, 5) is 0. The molecule has 4 aromatic rings. The van der Waals surface area contributed by atoms with Gasteiger partial charge < -0.3 is 0 Å². The molecule has 0 heterocycles. The summed E-state index contributed by atoms with van der Waals surface area (Å²) in [5.41, 5.74) is 14.2. The SMILES string of the molecule is CCCCCCc1cccc(C(C)(CCCCC)c2ccc([C](Cc3ccccc3)C3CCCCC3)c(CCCC)c2CC)c1Cc1ccccc1. The van der Waals surface area contributed by atoms with Crippen molar-refractivity contribution in [2.24, 2.45) is 5.92 Å². The summed E-state index contributed by atoms with van der Waals surface area (Å²) in [6.07, 6.45) is 25.1. The van der Waals surface area contributed by atoms with Crippen molar-refractivity contribution in [3.63, 3.8) is 0 Å². The van der Waals surface area contributed by atoms with Gasteiger partial charge in [0.1, 0.15) is 0 Å². The summed E-state index contributed by atoms with van der Waals surface area (Å²) in [5, 5.41) is 0. The zero-order valence-electron chi connectivity index (χ0n) is 33.9. The predicted octanol–water partition coefficient (Wildman–Crippen LogP) is 14.9. The van der Waals surface area contributed by atoms with Crippen molar-refractivity contribution in [1.82, 2.24) is 0 Å². The highest BCUT2D eigenvalue weighted by atomic mass is 14.4. The molecule has 0 heteroatoms. The van der Waals surface area contributed by atoms with Crippen LogP contribution in [0.15, 0.2) is 91.0 Å². The Morgan fingerprint density at radius 3 is 1.88 bits per heavy atom. The molecular weight excluding hydrogens is 625 g/mol. The molecule has 279 valence electrons. The van der Waals surface area contributed by atoms with Crippen LogP contribution in [0.1, 0.15) is 181 Å². The molecule has 5 rings (SSSR count). The molecule has 0 spiro atoms. The first kappa shape index (κ1) is 40.1. The molecule has 0 N–H and O–H groups in total. The van der Waals surface area contributed by atoms with Gasteiger partial charge in [0.05, 0.1) is 0 Å². The second kappa shape index (κ2) is 20.9. The van der Waals surface area contributed by atoms with Crippen LogP contribution in [0.25, 0.3) is 0 Å². The second-order valence-corrected chi connectivity index (χ2v) is 16.3. The molecule has 4 aromatic carbocycles. The van der Waals surface area contributed by atoms with Crippen LogP contribution < -0.4 is 0 Å². The van der Waals surface area contributed by atoms with Crippen LogP contribution in [-0.4, -0.2) is 0 Å². The summed E-state index contributed by atoms with van der Waals surface area (Å²) in [6, 6.07) is 35.3. The van der Waals surface area contributed by atoms with Gasteiger partial charge in [-0.3, -0.25) is 0 Å². The lowest BCUT2D eigenvalue weighted by Gasteiger charge is -2.38. The van der Waals surface area contributed by atoms with Crippen LogP contribution in [0.5, 0.6) is 0 Å². The normalized spacial score (nSPS) is 14.9. The number of benzene rings is 4. The van der Waals surface area contributed by atoms with E-state index in [2.05, 4.69) is 126 Å². The Kier molecular flexibility index (Phi) is 16.1. The molecule has 0 bridgehead atoms. The first-order valence-electron chi connectivity index (χ1n) is 21.7. The largest absolute Gasteiger partial charge is 0.0654 e. The zero-order chi connectivity index (χ0) is 36.6. The van der Waals surface area contributed by atoms with Gasteiger partial charge in [0.15, 0.2) is 0 Å². The summed E-state index contributed by atoms with van der Waals surface area (Å²) in [5.74, 6) is 2.42. The maximum atomic E-state index is 2.64. The maximum Gasteiger partial charge on any atom is 0.0180 e. The van der Waals surface area contributed by atoms with E-state index >= 15 is 0 Å². The van der Waals surface area contributed by atoms with Gasteiger partial charge in [-0.15, -0.1) is 0 Å². The minimum Gasteiger partial charge on any atom is -0.0654 e. The van der Waals surface area contributed by atoms with Crippen LogP contribution in [0.3, 0.4) is 0 Å². The highest BCUT2D eigenvalue weighted by Crippen LogP contribution is 2.46. The van der Waals surface area contributed by atoms with Crippen molar-refractivity contribution in [2.75, 3.05) is 0 Å². The quantitative estimate of drug-likeness (QED) is 0.0761. The van der Waals surface area contributed by atoms with E-state index in [4.69, 9.17) is 0 Å². The third kappa shape index (κ3) is 10.3. The van der Waals surface area contributed by atoms with Crippen LogP contribution in [0.4, 0.5) is 0 Å². The fraction of sp³-hybridized carbons (Fsp3) is 0.519. The molecule has 0 nitrogen and oxygen atoms in total. The highest BCUT2D eigenvalue weighted by molar-refractivity contribution is 5.56. The van der Waals surface area contributed by atoms with Gasteiger partial charge in [-0.2, -0.15) is 0 Å². The number of aryl methyl sites for hydroxylation is 1. The Bertz CT molecular complexity index is 1590. The van der Waals surface area contributed by atoms with E-state index in [-0.39, 0.29) is 5.41 Å². The summed E-state index contributed by atoms with van der Waals surface area (Å²) in [7, 11) is 0. The van der Waals surface area contributed by atoms with E-state index in [1.165, 1.54) is 120 Å². The second-order valence-electron chi connectivity index (χ2n) is 16.3. The van der Waals surface area contributed by atoms with Crippen molar-refractivity contribution in [1.29, 1.82) is 0 Å². The van der Waals surface area contributed by atoms with E-state index in [0.717, 1.165) is 19.3 Å². The molecule has 0 aromatic heterocycles. The van der Waals surface area contributed by atoms with Gasteiger partial charge in [0.2, 0.25) is 0 Å².